The number of fused-ring (bicyclic) bond motifs is 2. The molecule has 0 aromatic rings. The molecule has 0 aromatic heterocycles. The van der Waals surface area contributed by atoms with Crippen LogP contribution in [-0.4, -0.2) is 22.8 Å². The molecule has 3 rings (SSSR count). The van der Waals surface area contributed by atoms with Crippen molar-refractivity contribution >= 4 is 8.56 Å². The molecule has 3 unspecified atom stereocenters. The van der Waals surface area contributed by atoms with Crippen LogP contribution in [-0.2, 0) is 8.85 Å². The van der Waals surface area contributed by atoms with Crippen LogP contribution in [0.25, 0.3) is 0 Å². The van der Waals surface area contributed by atoms with Crippen LogP contribution in [0.4, 0.5) is 0 Å². The molecule has 0 aromatic carbocycles. The zero-order valence-electron chi connectivity index (χ0n) is 12.7. The van der Waals surface area contributed by atoms with E-state index in [0.717, 1.165) is 22.9 Å². The van der Waals surface area contributed by atoms with E-state index in [2.05, 4.69) is 0 Å². The zero-order valence-corrected chi connectivity index (χ0v) is 13.7. The summed E-state index contributed by atoms with van der Waals surface area (Å²) < 4.78 is 12.5. The Labute approximate surface area is 119 Å². The zero-order chi connectivity index (χ0) is 13.3. The van der Waals surface area contributed by atoms with E-state index in [0.29, 0.717) is 0 Å². The van der Waals surface area contributed by atoms with Gasteiger partial charge in [0.15, 0.2) is 0 Å². The summed E-state index contributed by atoms with van der Waals surface area (Å²) in [6, 6.07) is 0. The Kier molecular flexibility index (Phi) is 4.35. The summed E-state index contributed by atoms with van der Waals surface area (Å²) in [6.45, 7) is 0. The minimum atomic E-state index is -2.00. The van der Waals surface area contributed by atoms with Crippen LogP contribution in [0.3, 0.4) is 0 Å². The van der Waals surface area contributed by atoms with Crippen molar-refractivity contribution in [1.82, 2.24) is 0 Å². The van der Waals surface area contributed by atoms with Crippen molar-refractivity contribution in [3.05, 3.63) is 0 Å². The third kappa shape index (κ3) is 2.42. The smallest absolute Gasteiger partial charge is 0.344 e. The fraction of sp³-hybridized carbons (Fsp3) is 1.00. The van der Waals surface area contributed by atoms with Crippen molar-refractivity contribution in [2.75, 3.05) is 14.2 Å². The Balaban J connectivity index is 1.81. The number of hydrogen-bond acceptors (Lipinski definition) is 2. The van der Waals surface area contributed by atoms with Crippen molar-refractivity contribution in [2.45, 2.75) is 75.3 Å². The van der Waals surface area contributed by atoms with Gasteiger partial charge in [-0.25, -0.2) is 0 Å². The molecule has 0 amide bonds. The highest BCUT2D eigenvalue weighted by atomic mass is 28.4. The second-order valence-corrected chi connectivity index (χ2v) is 10.9. The van der Waals surface area contributed by atoms with Gasteiger partial charge in [-0.15, -0.1) is 0 Å². The number of rotatable bonds is 4. The molecular weight excluding hydrogens is 252 g/mol. The van der Waals surface area contributed by atoms with Gasteiger partial charge in [-0.2, -0.15) is 0 Å². The van der Waals surface area contributed by atoms with Crippen LogP contribution in [0.1, 0.15) is 64.2 Å². The maximum absolute atomic E-state index is 6.24. The maximum atomic E-state index is 6.24. The summed E-state index contributed by atoms with van der Waals surface area (Å²) >= 11 is 0. The highest BCUT2D eigenvalue weighted by Gasteiger charge is 2.58. The molecule has 0 radical (unpaired) electrons. The lowest BCUT2D eigenvalue weighted by atomic mass is 10.0. The lowest BCUT2D eigenvalue weighted by Crippen LogP contribution is -2.51. The summed E-state index contributed by atoms with van der Waals surface area (Å²) in [7, 11) is 1.91. The second kappa shape index (κ2) is 5.86. The molecule has 2 nitrogen and oxygen atoms in total. The first-order chi connectivity index (χ1) is 9.30. The normalized spacial score (nSPS) is 36.6. The lowest BCUT2D eigenvalue weighted by molar-refractivity contribution is 0.195. The monoisotopic (exact) mass is 282 g/mol. The topological polar surface area (TPSA) is 18.5 Å². The predicted octanol–water partition coefficient (Wildman–Crippen LogP) is 4.64. The van der Waals surface area contributed by atoms with Crippen LogP contribution in [0.2, 0.25) is 11.1 Å². The van der Waals surface area contributed by atoms with Crippen LogP contribution < -0.4 is 0 Å². The third-order valence-electron chi connectivity index (χ3n) is 6.32. The Morgan fingerprint density at radius 3 is 1.95 bits per heavy atom. The van der Waals surface area contributed by atoms with Gasteiger partial charge in [0.1, 0.15) is 0 Å². The number of hydrogen-bond donors (Lipinski definition) is 0. The summed E-state index contributed by atoms with van der Waals surface area (Å²) in [5, 5.41) is 0. The van der Waals surface area contributed by atoms with Crippen LogP contribution in [0, 0.1) is 11.8 Å². The molecule has 19 heavy (non-hydrogen) atoms. The fourth-order valence-electron chi connectivity index (χ4n) is 5.44. The first-order valence-corrected chi connectivity index (χ1v) is 10.4. The van der Waals surface area contributed by atoms with E-state index in [4.69, 9.17) is 8.85 Å². The summed E-state index contributed by atoms with van der Waals surface area (Å²) in [5.74, 6) is 1.93. The van der Waals surface area contributed by atoms with Gasteiger partial charge < -0.3 is 8.85 Å². The molecule has 110 valence electrons. The summed E-state index contributed by atoms with van der Waals surface area (Å²) in [4.78, 5) is 0. The molecule has 0 heterocycles. The van der Waals surface area contributed by atoms with E-state index in [-0.39, 0.29) is 0 Å². The molecule has 3 aliphatic rings. The van der Waals surface area contributed by atoms with Crippen molar-refractivity contribution in [3.8, 4) is 0 Å². The molecule has 0 N–H and O–H groups in total. The second-order valence-electron chi connectivity index (χ2n) is 7.10. The molecule has 3 saturated carbocycles. The van der Waals surface area contributed by atoms with Gasteiger partial charge in [0.05, 0.1) is 0 Å². The van der Waals surface area contributed by atoms with Gasteiger partial charge in [-0.05, 0) is 37.5 Å². The predicted molar refractivity (Wildman–Crippen MR) is 80.4 cm³/mol. The van der Waals surface area contributed by atoms with E-state index in [1.54, 1.807) is 0 Å². The van der Waals surface area contributed by atoms with Gasteiger partial charge in [-0.1, -0.05) is 38.5 Å². The fourth-order valence-corrected chi connectivity index (χ4v) is 10.3. The van der Waals surface area contributed by atoms with E-state index in [1.807, 2.05) is 14.2 Å². The van der Waals surface area contributed by atoms with Crippen molar-refractivity contribution in [2.24, 2.45) is 11.8 Å². The van der Waals surface area contributed by atoms with Crippen LogP contribution >= 0.6 is 0 Å². The summed E-state index contributed by atoms with van der Waals surface area (Å²) in [5.41, 5.74) is 1.55. The third-order valence-corrected chi connectivity index (χ3v) is 11.0. The van der Waals surface area contributed by atoms with Crippen molar-refractivity contribution < 1.29 is 8.85 Å². The van der Waals surface area contributed by atoms with Crippen molar-refractivity contribution in [3.63, 3.8) is 0 Å². The average molecular weight is 282 g/mol. The van der Waals surface area contributed by atoms with Gasteiger partial charge in [0.25, 0.3) is 0 Å². The van der Waals surface area contributed by atoms with E-state index in [9.17, 15) is 0 Å². The van der Waals surface area contributed by atoms with Gasteiger partial charge in [0.2, 0.25) is 0 Å². The average Bonchev–Trinajstić information content (AvgIpc) is 2.97. The molecule has 3 fully saturated rings. The van der Waals surface area contributed by atoms with Crippen LogP contribution in [0.5, 0.6) is 0 Å². The minimum Gasteiger partial charge on any atom is -0.397 e. The first-order valence-electron chi connectivity index (χ1n) is 8.40. The lowest BCUT2D eigenvalue weighted by Gasteiger charge is -2.42. The van der Waals surface area contributed by atoms with E-state index in [1.165, 1.54) is 64.2 Å². The van der Waals surface area contributed by atoms with Crippen molar-refractivity contribution in [1.29, 1.82) is 0 Å². The molecule has 0 saturated heterocycles. The first kappa shape index (κ1) is 14.1. The van der Waals surface area contributed by atoms with Gasteiger partial charge in [-0.3, -0.25) is 0 Å². The Morgan fingerprint density at radius 1 is 0.789 bits per heavy atom. The molecule has 2 bridgehead atoms. The largest absolute Gasteiger partial charge is 0.397 e. The van der Waals surface area contributed by atoms with Gasteiger partial charge in [0, 0.05) is 25.3 Å². The summed E-state index contributed by atoms with van der Waals surface area (Å²) in [6.07, 6.45) is 14.2. The molecule has 0 aliphatic heterocycles. The quantitative estimate of drug-likeness (QED) is 0.552. The van der Waals surface area contributed by atoms with Gasteiger partial charge >= 0.3 is 8.56 Å². The van der Waals surface area contributed by atoms with E-state index < -0.39 is 8.56 Å². The molecule has 3 heteroatoms. The van der Waals surface area contributed by atoms with Crippen LogP contribution in [0.15, 0.2) is 0 Å². The molecule has 3 aliphatic carbocycles. The minimum absolute atomic E-state index is 0.759. The Hall–Kier alpha value is 0.137. The highest BCUT2D eigenvalue weighted by molar-refractivity contribution is 6.70. The maximum Gasteiger partial charge on any atom is 0.344 e. The molecular formula is C16H30O2Si. The van der Waals surface area contributed by atoms with E-state index >= 15 is 0 Å². The Bertz CT molecular complexity index is 295. The molecule has 3 atom stereocenters. The SMILES string of the molecule is CO[Si](OC)(C1CCCCCC1)C1CC2CCC1C2. The standard InChI is InChI=1S/C16H30O2Si/c1-17-19(18-2,15-7-5-3-4-6-8-15)16-12-13-9-10-14(16)11-13/h13-16H,3-12H2,1-2H3. The highest BCUT2D eigenvalue weighted by Crippen LogP contribution is 2.59. The molecule has 0 spiro atoms. The Morgan fingerprint density at radius 2 is 1.47 bits per heavy atom.